The Hall–Kier alpha value is -2.54. The number of amides is 1. The molecule has 140 valence electrons. The average molecular weight is 369 g/mol. The van der Waals surface area contributed by atoms with E-state index in [-0.39, 0.29) is 18.9 Å². The minimum absolute atomic E-state index is 0. The van der Waals surface area contributed by atoms with Crippen LogP contribution in [0.3, 0.4) is 0 Å². The van der Waals surface area contributed by atoms with E-state index in [0.29, 0.717) is 5.69 Å². The fraction of sp³-hybridized carbons (Fsp3) is 0.217. The van der Waals surface area contributed by atoms with Gasteiger partial charge >= 0.3 is 25.0 Å². The number of hydrogen-bond acceptors (Lipinski definition) is 3. The van der Waals surface area contributed by atoms with E-state index in [1.54, 1.807) is 13.7 Å². The van der Waals surface area contributed by atoms with Crippen LogP contribution in [0.25, 0.3) is 10.8 Å². The van der Waals surface area contributed by atoms with Gasteiger partial charge in [0.05, 0.1) is 7.11 Å². The van der Waals surface area contributed by atoms with Crippen molar-refractivity contribution in [2.24, 2.45) is 0 Å². The predicted molar refractivity (Wildman–Crippen MR) is 109 cm³/mol. The summed E-state index contributed by atoms with van der Waals surface area (Å²) in [6.07, 6.45) is -0.430. The van der Waals surface area contributed by atoms with Crippen molar-refractivity contribution in [3.8, 4) is 5.75 Å². The monoisotopic (exact) mass is 369 g/mol. The van der Waals surface area contributed by atoms with Crippen LogP contribution in [-0.2, 0) is 4.74 Å². The Morgan fingerprint density at radius 3 is 2.18 bits per heavy atom. The number of ether oxygens (including phenoxy) is 2. The maximum absolute atomic E-state index is 12.8. The van der Waals surface area contributed by atoms with Gasteiger partial charge in [0.15, 0.2) is 0 Å². The van der Waals surface area contributed by atoms with E-state index in [4.69, 9.17) is 9.47 Å². The molecule has 5 heteroatoms. The molecule has 0 unspecified atom stereocenters. The molecular weight excluding hydrogens is 345 g/mol. The predicted octanol–water partition coefficient (Wildman–Crippen LogP) is 2.80. The number of fused-ring (bicyclic) bond motifs is 1. The molecule has 0 N–H and O–H groups in total. The van der Waals surface area contributed by atoms with Crippen LogP contribution < -0.4 is 28.5 Å². The van der Waals surface area contributed by atoms with Gasteiger partial charge in [-0.1, -0.05) is 36.2 Å². The van der Waals surface area contributed by atoms with E-state index in [1.807, 2.05) is 69.3 Å². The van der Waals surface area contributed by atoms with E-state index in [9.17, 15) is 4.79 Å². The second-order valence-electron chi connectivity index (χ2n) is 7.28. The Kier molecular flexibility index (Phi) is 7.07. The zero-order chi connectivity index (χ0) is 19.4. The number of rotatable bonds is 4. The van der Waals surface area contributed by atoms with Crippen molar-refractivity contribution in [3.05, 3.63) is 78.8 Å². The zero-order valence-corrected chi connectivity index (χ0v) is 17.1. The molecule has 4 nitrogen and oxygen atoms in total. The van der Waals surface area contributed by atoms with Crippen LogP contribution >= 0.6 is 0 Å². The van der Waals surface area contributed by atoms with E-state index in [1.165, 1.54) is 4.90 Å². The maximum Gasteiger partial charge on any atom is 1.00 e. The molecule has 3 rings (SSSR count). The van der Waals surface area contributed by atoms with Gasteiger partial charge in [0, 0.05) is 5.69 Å². The van der Waals surface area contributed by atoms with Gasteiger partial charge in [-0.05, 0) is 50.4 Å². The van der Waals surface area contributed by atoms with Crippen LogP contribution in [0.1, 0.15) is 26.3 Å². The van der Waals surface area contributed by atoms with Crippen molar-refractivity contribution in [3.63, 3.8) is 0 Å². The molecule has 1 amide bonds. The average Bonchev–Trinajstić information content (AvgIpc) is 2.64. The molecule has 0 radical (unpaired) electrons. The number of carbonyl (C=O) groups is 1. The third-order valence-corrected chi connectivity index (χ3v) is 3.99. The molecule has 3 aromatic carbocycles. The molecule has 0 aliphatic rings. The third-order valence-electron chi connectivity index (χ3n) is 3.99. The molecule has 0 heterocycles. The van der Waals surface area contributed by atoms with Crippen molar-refractivity contribution in [2.75, 3.05) is 12.0 Å². The van der Waals surface area contributed by atoms with E-state index in [2.05, 4.69) is 18.2 Å². The summed E-state index contributed by atoms with van der Waals surface area (Å²) in [4.78, 5) is 14.3. The second-order valence-corrected chi connectivity index (χ2v) is 7.28. The first-order chi connectivity index (χ1) is 12.9. The molecule has 0 spiro atoms. The molecule has 0 atom stereocenters. The van der Waals surface area contributed by atoms with Gasteiger partial charge in [0.2, 0.25) is 0 Å². The first-order valence-corrected chi connectivity index (χ1v) is 8.86. The summed E-state index contributed by atoms with van der Waals surface area (Å²) in [5.41, 5.74) is 1.03. The molecule has 0 fully saturated rings. The van der Waals surface area contributed by atoms with E-state index in [0.717, 1.165) is 22.1 Å². The maximum atomic E-state index is 12.8. The van der Waals surface area contributed by atoms with Gasteiger partial charge in [-0.15, -0.1) is 6.07 Å². The van der Waals surface area contributed by atoms with Crippen molar-refractivity contribution < 1.29 is 33.1 Å². The largest absolute Gasteiger partial charge is 1.00 e. The summed E-state index contributed by atoms with van der Waals surface area (Å²) in [6, 6.07) is 21.5. The Balaban J connectivity index is 0.00000280. The first-order valence-electron chi connectivity index (χ1n) is 8.86. The summed E-state index contributed by atoms with van der Waals surface area (Å²) in [5.74, 6) is 0.730. The minimum Gasteiger partial charge on any atom is -0.497 e. The molecule has 0 aromatic heterocycles. The van der Waals surface area contributed by atoms with Gasteiger partial charge in [-0.3, -0.25) is 0 Å². The third kappa shape index (κ3) is 5.48. The Morgan fingerprint density at radius 2 is 1.57 bits per heavy atom. The second kappa shape index (κ2) is 9.10. The smallest absolute Gasteiger partial charge is 0.497 e. The van der Waals surface area contributed by atoms with Crippen LogP contribution in [0.2, 0.25) is 0 Å². The number of anilines is 1. The molecule has 0 saturated heterocycles. The quantitative estimate of drug-likeness (QED) is 0.524. The van der Waals surface area contributed by atoms with Crippen molar-refractivity contribution >= 4 is 22.6 Å². The van der Waals surface area contributed by atoms with Gasteiger partial charge in [-0.2, -0.15) is 17.7 Å². The standard InChI is InChI=1S/C23H24NO3.Li/c1-23(2,3)27-22(25)24(20-11-13-21(26-4)14-12-20)16-17-9-10-18-7-5-6-8-19(18)15-17;/h5-16H,1-4H3;/q-1;+1. The summed E-state index contributed by atoms with van der Waals surface area (Å²) < 4.78 is 10.8. The fourth-order valence-corrected chi connectivity index (χ4v) is 2.72. The Bertz CT molecular complexity index is 932. The van der Waals surface area contributed by atoms with Gasteiger partial charge in [0.25, 0.3) is 0 Å². The van der Waals surface area contributed by atoms with E-state index < -0.39 is 11.7 Å². The van der Waals surface area contributed by atoms with Gasteiger partial charge in [-0.25, -0.2) is 4.79 Å². The fourth-order valence-electron chi connectivity index (χ4n) is 2.72. The molecule has 3 aromatic rings. The van der Waals surface area contributed by atoms with Crippen molar-refractivity contribution in [1.82, 2.24) is 0 Å². The van der Waals surface area contributed by atoms with Gasteiger partial charge in [0.1, 0.15) is 11.4 Å². The molecule has 28 heavy (non-hydrogen) atoms. The minimum atomic E-state index is -0.584. The summed E-state index contributed by atoms with van der Waals surface area (Å²) in [6.45, 7) is 7.36. The first kappa shape index (κ1) is 21.8. The Morgan fingerprint density at radius 1 is 0.929 bits per heavy atom. The molecule has 0 aliphatic carbocycles. The summed E-state index contributed by atoms with van der Waals surface area (Å²) in [5, 5.41) is 2.27. The number of nitrogens with zero attached hydrogens (tertiary/aromatic N) is 1. The number of hydrogen-bond donors (Lipinski definition) is 0. The van der Waals surface area contributed by atoms with Crippen LogP contribution in [0.15, 0.2) is 66.7 Å². The van der Waals surface area contributed by atoms with Gasteiger partial charge < -0.3 is 14.4 Å². The molecule has 0 aliphatic heterocycles. The number of carbonyl (C=O) groups excluding carboxylic acids is 1. The number of benzene rings is 3. The van der Waals surface area contributed by atoms with Crippen LogP contribution in [0.5, 0.6) is 5.75 Å². The molecule has 0 saturated carbocycles. The van der Waals surface area contributed by atoms with Crippen LogP contribution in [-0.4, -0.2) is 18.8 Å². The zero-order valence-electron chi connectivity index (χ0n) is 17.1. The normalized spacial score (nSPS) is 10.7. The SMILES string of the molecule is COc1ccc(N([CH-]c2ccc3ccccc3c2)C(=O)OC(C)(C)C)cc1.[Li+]. The Labute approximate surface area is 178 Å². The van der Waals surface area contributed by atoms with Crippen LogP contribution in [0, 0.1) is 6.54 Å². The van der Waals surface area contributed by atoms with Crippen molar-refractivity contribution in [2.45, 2.75) is 26.4 Å². The molecule has 0 bridgehead atoms. The topological polar surface area (TPSA) is 38.8 Å². The van der Waals surface area contributed by atoms with Crippen molar-refractivity contribution in [1.29, 1.82) is 0 Å². The van der Waals surface area contributed by atoms with Crippen LogP contribution in [0.4, 0.5) is 10.5 Å². The summed E-state index contributed by atoms with van der Waals surface area (Å²) >= 11 is 0. The molecular formula is C23H24LiNO3. The van der Waals surface area contributed by atoms with E-state index >= 15 is 0 Å². The summed E-state index contributed by atoms with van der Waals surface area (Å²) in [7, 11) is 1.61. The number of methoxy groups -OCH3 is 1.